The first kappa shape index (κ1) is 14.6. The van der Waals surface area contributed by atoms with Crippen LogP contribution in [0.5, 0.6) is 0 Å². The molecule has 0 aromatic carbocycles. The van der Waals surface area contributed by atoms with Gasteiger partial charge in [-0.1, -0.05) is 0 Å². The van der Waals surface area contributed by atoms with Gasteiger partial charge in [0.1, 0.15) is 6.04 Å². The number of pyridine rings is 1. The van der Waals surface area contributed by atoms with Gasteiger partial charge < -0.3 is 16.4 Å². The molecule has 3 atom stereocenters. The van der Waals surface area contributed by atoms with Gasteiger partial charge in [-0.3, -0.25) is 9.78 Å². The normalized spacial score (nSPS) is 27.4. The number of carbonyl (C=O) groups is 1. The number of nitrogens with two attached hydrogens (primary N) is 2. The molecule has 0 bridgehead atoms. The van der Waals surface area contributed by atoms with Gasteiger partial charge in [0.2, 0.25) is 5.91 Å². The number of aromatic nitrogens is 1. The number of rotatable bonds is 2. The van der Waals surface area contributed by atoms with Crippen molar-refractivity contribution in [3.8, 4) is 0 Å². The van der Waals surface area contributed by atoms with Crippen LogP contribution in [0.2, 0.25) is 0 Å². The number of primary amides is 1. The molecule has 3 unspecified atom stereocenters. The van der Waals surface area contributed by atoms with Crippen molar-refractivity contribution in [3.63, 3.8) is 0 Å². The zero-order chi connectivity index (χ0) is 14.9. The van der Waals surface area contributed by atoms with Crippen LogP contribution >= 0.6 is 0 Å². The first-order valence-corrected chi connectivity index (χ1v) is 6.09. The van der Waals surface area contributed by atoms with Gasteiger partial charge in [-0.2, -0.15) is 13.2 Å². The van der Waals surface area contributed by atoms with Gasteiger partial charge in [-0.15, -0.1) is 0 Å². The molecule has 0 saturated carbocycles. The Kier molecular flexibility index (Phi) is 3.85. The van der Waals surface area contributed by atoms with Crippen LogP contribution in [-0.2, 0) is 4.79 Å². The zero-order valence-corrected chi connectivity index (χ0v) is 10.5. The monoisotopic (exact) mass is 288 g/mol. The molecule has 1 amide bonds. The maximum absolute atomic E-state index is 12.9. The van der Waals surface area contributed by atoms with Crippen LogP contribution in [0.1, 0.15) is 6.42 Å². The van der Waals surface area contributed by atoms with Crippen molar-refractivity contribution in [2.24, 2.45) is 17.4 Å². The summed E-state index contributed by atoms with van der Waals surface area (Å²) >= 11 is 0. The van der Waals surface area contributed by atoms with Gasteiger partial charge in [0.05, 0.1) is 5.92 Å². The van der Waals surface area contributed by atoms with E-state index in [1.807, 2.05) is 0 Å². The van der Waals surface area contributed by atoms with E-state index in [1.54, 1.807) is 0 Å². The Morgan fingerprint density at radius 1 is 1.35 bits per heavy atom. The van der Waals surface area contributed by atoms with Crippen molar-refractivity contribution in [3.05, 3.63) is 24.5 Å². The first-order chi connectivity index (χ1) is 9.30. The smallest absolute Gasteiger partial charge is 0.368 e. The van der Waals surface area contributed by atoms with Crippen molar-refractivity contribution in [1.82, 2.24) is 4.98 Å². The number of hydrogen-bond donors (Lipinski definition) is 2. The van der Waals surface area contributed by atoms with E-state index in [2.05, 4.69) is 4.98 Å². The number of amides is 1. The molecule has 1 saturated heterocycles. The van der Waals surface area contributed by atoms with Gasteiger partial charge in [-0.25, -0.2) is 0 Å². The number of halogens is 3. The maximum Gasteiger partial charge on any atom is 0.393 e. The van der Waals surface area contributed by atoms with E-state index in [-0.39, 0.29) is 13.0 Å². The number of hydrogen-bond acceptors (Lipinski definition) is 4. The third kappa shape index (κ3) is 2.84. The molecular weight excluding hydrogens is 273 g/mol. The molecule has 8 heteroatoms. The highest BCUT2D eigenvalue weighted by molar-refractivity contribution is 5.84. The summed E-state index contributed by atoms with van der Waals surface area (Å²) in [5.74, 6) is -2.31. The Hall–Kier alpha value is -1.83. The summed E-state index contributed by atoms with van der Waals surface area (Å²) in [6, 6.07) is 1.15. The summed E-state index contributed by atoms with van der Waals surface area (Å²) in [7, 11) is 0. The lowest BCUT2D eigenvalue weighted by Gasteiger charge is -2.43. The van der Waals surface area contributed by atoms with E-state index >= 15 is 0 Å². The molecule has 5 nitrogen and oxygen atoms in total. The molecule has 1 aromatic heterocycles. The molecule has 1 aliphatic heterocycles. The van der Waals surface area contributed by atoms with Crippen molar-refractivity contribution in [1.29, 1.82) is 0 Å². The summed E-state index contributed by atoms with van der Waals surface area (Å²) in [5.41, 5.74) is 11.5. The number of carbonyl (C=O) groups excluding carboxylic acids is 1. The number of nitrogens with zero attached hydrogens (tertiary/aromatic N) is 2. The maximum atomic E-state index is 12.9. The Morgan fingerprint density at radius 3 is 2.45 bits per heavy atom. The Labute approximate surface area is 113 Å². The van der Waals surface area contributed by atoms with E-state index < -0.39 is 30.1 Å². The summed E-state index contributed by atoms with van der Waals surface area (Å²) in [5, 5.41) is 0. The summed E-state index contributed by atoms with van der Waals surface area (Å²) in [6.07, 6.45) is -1.78. The van der Waals surface area contributed by atoms with Crippen LogP contribution in [0.3, 0.4) is 0 Å². The largest absolute Gasteiger partial charge is 0.393 e. The number of alkyl halides is 3. The molecule has 4 N–H and O–H groups in total. The van der Waals surface area contributed by atoms with Crippen molar-refractivity contribution in [2.45, 2.75) is 24.7 Å². The molecule has 2 heterocycles. The second kappa shape index (κ2) is 5.28. The second-order valence-electron chi connectivity index (χ2n) is 4.84. The fraction of sp³-hybridized carbons (Fsp3) is 0.500. The quantitative estimate of drug-likeness (QED) is 0.837. The lowest BCUT2D eigenvalue weighted by molar-refractivity contribution is -0.178. The average Bonchev–Trinajstić information content (AvgIpc) is 2.37. The van der Waals surface area contributed by atoms with Crippen LogP contribution in [0.15, 0.2) is 24.5 Å². The van der Waals surface area contributed by atoms with Crippen LogP contribution in [0.25, 0.3) is 0 Å². The SMILES string of the molecule is NC(=O)C1C(N)CC(C(F)(F)F)CN1c1ccncc1. The first-order valence-electron chi connectivity index (χ1n) is 6.09. The van der Waals surface area contributed by atoms with Gasteiger partial charge in [0.25, 0.3) is 0 Å². The van der Waals surface area contributed by atoms with Crippen molar-refractivity contribution >= 4 is 11.6 Å². The summed E-state index contributed by atoms with van der Waals surface area (Å²) in [4.78, 5) is 16.6. The predicted molar refractivity (Wildman–Crippen MR) is 66.7 cm³/mol. The molecule has 20 heavy (non-hydrogen) atoms. The second-order valence-corrected chi connectivity index (χ2v) is 4.84. The lowest BCUT2D eigenvalue weighted by Crippen LogP contribution is -2.62. The Bertz CT molecular complexity index is 479. The fourth-order valence-corrected chi connectivity index (χ4v) is 2.52. The molecule has 0 aliphatic carbocycles. The van der Waals surface area contributed by atoms with Crippen LogP contribution in [0.4, 0.5) is 18.9 Å². The fourth-order valence-electron chi connectivity index (χ4n) is 2.52. The molecule has 2 rings (SSSR count). The van der Waals surface area contributed by atoms with E-state index in [9.17, 15) is 18.0 Å². The number of anilines is 1. The van der Waals surface area contributed by atoms with Crippen molar-refractivity contribution in [2.75, 3.05) is 11.4 Å². The minimum absolute atomic E-state index is 0.307. The molecule has 1 fully saturated rings. The number of piperidine rings is 1. The molecular formula is C12H15F3N4O. The van der Waals surface area contributed by atoms with E-state index in [1.165, 1.54) is 29.4 Å². The summed E-state index contributed by atoms with van der Waals surface area (Å²) in [6.45, 7) is -0.338. The third-order valence-electron chi connectivity index (χ3n) is 3.46. The van der Waals surface area contributed by atoms with Crippen molar-refractivity contribution < 1.29 is 18.0 Å². The predicted octanol–water partition coefficient (Wildman–Crippen LogP) is 0.651. The minimum Gasteiger partial charge on any atom is -0.368 e. The molecule has 1 aromatic rings. The van der Waals surface area contributed by atoms with E-state index in [0.29, 0.717) is 5.69 Å². The molecule has 110 valence electrons. The highest BCUT2D eigenvalue weighted by Gasteiger charge is 2.48. The van der Waals surface area contributed by atoms with Gasteiger partial charge in [0, 0.05) is 30.7 Å². The van der Waals surface area contributed by atoms with Crippen LogP contribution in [-0.4, -0.2) is 35.7 Å². The molecule has 1 aliphatic rings. The highest BCUT2D eigenvalue weighted by atomic mass is 19.4. The molecule has 0 spiro atoms. The van der Waals surface area contributed by atoms with Gasteiger partial charge in [-0.05, 0) is 18.6 Å². The third-order valence-corrected chi connectivity index (χ3v) is 3.46. The van der Waals surface area contributed by atoms with E-state index in [0.717, 1.165) is 0 Å². The van der Waals surface area contributed by atoms with Gasteiger partial charge >= 0.3 is 6.18 Å². The Morgan fingerprint density at radius 2 is 1.95 bits per heavy atom. The van der Waals surface area contributed by atoms with Gasteiger partial charge in [0.15, 0.2) is 0 Å². The summed E-state index contributed by atoms with van der Waals surface area (Å²) < 4.78 is 38.8. The lowest BCUT2D eigenvalue weighted by atomic mass is 9.87. The molecule has 0 radical (unpaired) electrons. The average molecular weight is 288 g/mol. The topological polar surface area (TPSA) is 85.2 Å². The van der Waals surface area contributed by atoms with Crippen LogP contribution in [0, 0.1) is 5.92 Å². The van der Waals surface area contributed by atoms with Crippen LogP contribution < -0.4 is 16.4 Å². The zero-order valence-electron chi connectivity index (χ0n) is 10.5. The highest BCUT2D eigenvalue weighted by Crippen LogP contribution is 2.36. The standard InChI is InChI=1S/C12H15F3N4O/c13-12(14,15)7-5-9(16)10(11(17)20)19(6-7)8-1-3-18-4-2-8/h1-4,7,9-10H,5-6,16H2,(H2,17,20). The minimum atomic E-state index is -4.36. The van der Waals surface area contributed by atoms with E-state index in [4.69, 9.17) is 11.5 Å². The Balaban J connectivity index is 2.34.